The normalized spacial score (nSPS) is 18.7. The topological polar surface area (TPSA) is 71.2 Å². The van der Waals surface area contributed by atoms with Crippen molar-refractivity contribution in [1.82, 2.24) is 19.4 Å². The Bertz CT molecular complexity index is 653. The van der Waals surface area contributed by atoms with Gasteiger partial charge in [0, 0.05) is 31.4 Å². The van der Waals surface area contributed by atoms with Gasteiger partial charge in [-0.2, -0.15) is 0 Å². The van der Waals surface area contributed by atoms with Gasteiger partial charge in [0.2, 0.25) is 0 Å². The number of aryl methyl sites for hydroxylation is 1. The molecule has 0 saturated carbocycles. The number of rotatable bonds is 2. The summed E-state index contributed by atoms with van der Waals surface area (Å²) in [6, 6.07) is 3.91. The number of piperidine rings is 1. The zero-order chi connectivity index (χ0) is 14.8. The van der Waals surface area contributed by atoms with Crippen molar-refractivity contribution in [3.63, 3.8) is 0 Å². The Kier molecular flexibility index (Phi) is 3.60. The van der Waals surface area contributed by atoms with Crippen LogP contribution in [0.5, 0.6) is 0 Å². The molecule has 110 valence electrons. The van der Waals surface area contributed by atoms with Crippen molar-refractivity contribution < 1.29 is 9.90 Å². The number of likely N-dealkylation sites (tertiary alicyclic amines) is 1. The number of nitrogens with zero attached hydrogens (tertiary/aromatic N) is 4. The van der Waals surface area contributed by atoms with E-state index in [0.717, 1.165) is 29.9 Å². The zero-order valence-electron chi connectivity index (χ0n) is 11.9. The molecule has 0 aromatic carbocycles. The maximum absolute atomic E-state index is 11.1. The first kappa shape index (κ1) is 13.6. The standard InChI is InChI=1S/C15H18N4O2/c1-11-4-2-6-16-14(11)19-9-13(17-10-19)12-5-3-7-18(8-12)15(20)21/h2,4,6,9-10,12H,3,5,7-8H2,1H3,(H,20,21)/t12-/m0/s1. The van der Waals surface area contributed by atoms with Crippen molar-refractivity contribution in [3.8, 4) is 5.82 Å². The molecule has 0 aliphatic carbocycles. The third-order valence-electron chi connectivity index (χ3n) is 3.94. The largest absolute Gasteiger partial charge is 0.465 e. The summed E-state index contributed by atoms with van der Waals surface area (Å²) in [4.78, 5) is 21.4. The number of aromatic nitrogens is 3. The summed E-state index contributed by atoms with van der Waals surface area (Å²) in [5.41, 5.74) is 2.02. The fraction of sp³-hybridized carbons (Fsp3) is 0.400. The summed E-state index contributed by atoms with van der Waals surface area (Å²) in [5.74, 6) is 1.03. The second-order valence-corrected chi connectivity index (χ2v) is 5.42. The highest BCUT2D eigenvalue weighted by atomic mass is 16.4. The first-order chi connectivity index (χ1) is 10.1. The number of imidazole rings is 1. The van der Waals surface area contributed by atoms with Gasteiger partial charge < -0.3 is 10.0 Å². The molecule has 0 radical (unpaired) electrons. The van der Waals surface area contributed by atoms with Crippen molar-refractivity contribution in [2.45, 2.75) is 25.7 Å². The number of carbonyl (C=O) groups is 1. The molecule has 0 spiro atoms. The minimum absolute atomic E-state index is 0.167. The SMILES string of the molecule is Cc1cccnc1-n1cnc([C@H]2CCCN(C(=O)O)C2)c1. The zero-order valence-corrected chi connectivity index (χ0v) is 11.9. The molecular formula is C15H18N4O2. The summed E-state index contributed by atoms with van der Waals surface area (Å²) < 4.78 is 1.91. The van der Waals surface area contributed by atoms with Crippen molar-refractivity contribution in [2.24, 2.45) is 0 Å². The Balaban J connectivity index is 1.82. The highest BCUT2D eigenvalue weighted by Gasteiger charge is 2.25. The van der Waals surface area contributed by atoms with Gasteiger partial charge in [0.05, 0.1) is 5.69 Å². The monoisotopic (exact) mass is 286 g/mol. The molecule has 1 atom stereocenters. The van der Waals surface area contributed by atoms with E-state index in [0.29, 0.717) is 13.1 Å². The molecule has 3 rings (SSSR count). The first-order valence-corrected chi connectivity index (χ1v) is 7.09. The predicted molar refractivity (Wildman–Crippen MR) is 77.7 cm³/mol. The molecule has 0 bridgehead atoms. The molecule has 1 N–H and O–H groups in total. The van der Waals surface area contributed by atoms with Crippen molar-refractivity contribution in [3.05, 3.63) is 42.1 Å². The summed E-state index contributed by atoms with van der Waals surface area (Å²) in [7, 11) is 0. The average molecular weight is 286 g/mol. The summed E-state index contributed by atoms with van der Waals surface area (Å²) in [6.45, 7) is 3.15. The van der Waals surface area contributed by atoms with E-state index in [1.54, 1.807) is 12.5 Å². The molecule has 6 nitrogen and oxygen atoms in total. The molecule has 2 aromatic rings. The van der Waals surface area contributed by atoms with Crippen LogP contribution >= 0.6 is 0 Å². The summed E-state index contributed by atoms with van der Waals surface area (Å²) in [5, 5.41) is 9.11. The second kappa shape index (κ2) is 5.55. The molecule has 1 fully saturated rings. The quantitative estimate of drug-likeness (QED) is 0.920. The van der Waals surface area contributed by atoms with E-state index < -0.39 is 6.09 Å². The van der Waals surface area contributed by atoms with Gasteiger partial charge in [-0.25, -0.2) is 14.8 Å². The van der Waals surface area contributed by atoms with Crippen molar-refractivity contribution >= 4 is 6.09 Å². The smallest absolute Gasteiger partial charge is 0.407 e. The van der Waals surface area contributed by atoms with Gasteiger partial charge in [-0.3, -0.25) is 4.57 Å². The van der Waals surface area contributed by atoms with Crippen LogP contribution in [0, 0.1) is 6.92 Å². The number of hydrogen-bond donors (Lipinski definition) is 1. The number of hydrogen-bond acceptors (Lipinski definition) is 3. The molecule has 3 heterocycles. The van der Waals surface area contributed by atoms with Crippen LogP contribution in [0.25, 0.3) is 5.82 Å². The molecule has 6 heteroatoms. The lowest BCUT2D eigenvalue weighted by Crippen LogP contribution is -2.38. The predicted octanol–water partition coefficient (Wildman–Crippen LogP) is 2.43. The molecule has 1 amide bonds. The average Bonchev–Trinajstić information content (AvgIpc) is 2.97. The van der Waals surface area contributed by atoms with Crippen LogP contribution in [0.15, 0.2) is 30.9 Å². The molecule has 2 aromatic heterocycles. The number of amides is 1. The van der Waals surface area contributed by atoms with Crippen LogP contribution in [0.2, 0.25) is 0 Å². The van der Waals surface area contributed by atoms with Crippen LogP contribution in [0.4, 0.5) is 4.79 Å². The van der Waals surface area contributed by atoms with E-state index in [4.69, 9.17) is 5.11 Å². The molecular weight excluding hydrogens is 268 g/mol. The lowest BCUT2D eigenvalue weighted by atomic mass is 9.95. The van der Waals surface area contributed by atoms with Gasteiger partial charge in [-0.05, 0) is 31.4 Å². The van der Waals surface area contributed by atoms with Crippen LogP contribution in [-0.2, 0) is 0 Å². The number of pyridine rings is 1. The van der Waals surface area contributed by atoms with Crippen molar-refractivity contribution in [1.29, 1.82) is 0 Å². The lowest BCUT2D eigenvalue weighted by Gasteiger charge is -2.29. The Morgan fingerprint density at radius 1 is 1.43 bits per heavy atom. The highest BCUT2D eigenvalue weighted by Crippen LogP contribution is 2.26. The van der Waals surface area contributed by atoms with E-state index >= 15 is 0 Å². The van der Waals surface area contributed by atoms with E-state index in [2.05, 4.69) is 9.97 Å². The van der Waals surface area contributed by atoms with Crippen LogP contribution in [0.3, 0.4) is 0 Å². The molecule has 1 saturated heterocycles. The third kappa shape index (κ3) is 2.74. The first-order valence-electron chi connectivity index (χ1n) is 7.09. The molecule has 1 aliphatic rings. The molecule has 21 heavy (non-hydrogen) atoms. The second-order valence-electron chi connectivity index (χ2n) is 5.42. The van der Waals surface area contributed by atoms with Gasteiger partial charge in [-0.1, -0.05) is 6.07 Å². The summed E-state index contributed by atoms with van der Waals surface area (Å²) >= 11 is 0. The van der Waals surface area contributed by atoms with Gasteiger partial charge in [0.15, 0.2) is 0 Å². The minimum atomic E-state index is -0.847. The lowest BCUT2D eigenvalue weighted by molar-refractivity contribution is 0.130. The van der Waals surface area contributed by atoms with Gasteiger partial charge in [0.1, 0.15) is 12.1 Å². The fourth-order valence-corrected chi connectivity index (χ4v) is 2.80. The van der Waals surface area contributed by atoms with Crippen molar-refractivity contribution in [2.75, 3.05) is 13.1 Å². The van der Waals surface area contributed by atoms with E-state index in [9.17, 15) is 4.79 Å². The summed E-state index contributed by atoms with van der Waals surface area (Å²) in [6.07, 6.45) is 6.48. The minimum Gasteiger partial charge on any atom is -0.465 e. The van der Waals surface area contributed by atoms with Crippen LogP contribution in [-0.4, -0.2) is 43.7 Å². The third-order valence-corrected chi connectivity index (χ3v) is 3.94. The van der Waals surface area contributed by atoms with Crippen LogP contribution < -0.4 is 0 Å². The molecule has 1 aliphatic heterocycles. The maximum atomic E-state index is 11.1. The van der Waals surface area contributed by atoms with Crippen LogP contribution in [0.1, 0.15) is 30.0 Å². The van der Waals surface area contributed by atoms with E-state index in [1.807, 2.05) is 29.8 Å². The Morgan fingerprint density at radius 2 is 2.29 bits per heavy atom. The van der Waals surface area contributed by atoms with Gasteiger partial charge >= 0.3 is 6.09 Å². The Morgan fingerprint density at radius 3 is 3.05 bits per heavy atom. The Hall–Kier alpha value is -2.37. The van der Waals surface area contributed by atoms with Gasteiger partial charge in [-0.15, -0.1) is 0 Å². The van der Waals surface area contributed by atoms with E-state index in [1.165, 1.54) is 4.90 Å². The maximum Gasteiger partial charge on any atom is 0.407 e. The van der Waals surface area contributed by atoms with Gasteiger partial charge in [0.25, 0.3) is 0 Å². The molecule has 0 unspecified atom stereocenters. The fourth-order valence-electron chi connectivity index (χ4n) is 2.80. The highest BCUT2D eigenvalue weighted by molar-refractivity contribution is 5.65. The van der Waals surface area contributed by atoms with E-state index in [-0.39, 0.29) is 5.92 Å². The number of carboxylic acid groups (broad SMARTS) is 1. The Labute approximate surface area is 123 Å².